The van der Waals surface area contributed by atoms with Crippen LogP contribution in [0.25, 0.3) is 0 Å². The predicted octanol–water partition coefficient (Wildman–Crippen LogP) is 22.6. The van der Waals surface area contributed by atoms with E-state index in [1.54, 1.807) is 0 Å². The Kier molecular flexibility index (Phi) is 51.8. The summed E-state index contributed by atoms with van der Waals surface area (Å²) < 4.78 is 19.3. The Balaban J connectivity index is 2.28. The lowest BCUT2D eigenvalue weighted by atomic mass is 10.0. The Hall–Kier alpha value is -1.38. The number of benzene rings is 1. The summed E-state index contributed by atoms with van der Waals surface area (Å²) in [5.74, 6) is 2.45. The third-order valence-electron chi connectivity index (χ3n) is 14.4. The molecule has 0 aliphatic carbocycles. The van der Waals surface area contributed by atoms with Crippen LogP contribution in [0.15, 0.2) is 12.1 Å². The summed E-state index contributed by atoms with van der Waals surface area (Å²) in [6.45, 7) is 9.13. The average molecular weight is 925 g/mol. The van der Waals surface area contributed by atoms with Gasteiger partial charge < -0.3 is 14.2 Å². The second-order valence-corrected chi connectivity index (χ2v) is 21.0. The Bertz CT molecular complexity index is 980. The fourth-order valence-electron chi connectivity index (χ4n) is 9.82. The van der Waals surface area contributed by atoms with Crippen LogP contribution < -0.4 is 14.2 Å². The maximum Gasteiger partial charge on any atom is 0.203 e. The Morgan fingerprint density at radius 2 is 0.394 bits per heavy atom. The van der Waals surface area contributed by atoms with Crippen molar-refractivity contribution in [3.05, 3.63) is 18.2 Å². The lowest BCUT2D eigenvalue weighted by Crippen LogP contribution is -2.06. The highest BCUT2D eigenvalue weighted by molar-refractivity contribution is 5.50. The molecule has 0 fully saturated rings. The van der Waals surface area contributed by atoms with Gasteiger partial charge >= 0.3 is 0 Å². The average Bonchev–Trinajstić information content (AvgIpc) is 3.33. The van der Waals surface area contributed by atoms with Gasteiger partial charge in [-0.1, -0.05) is 329 Å². The molecule has 3 nitrogen and oxygen atoms in total. The van der Waals surface area contributed by atoms with E-state index in [9.17, 15) is 0 Å². The smallest absolute Gasteiger partial charge is 0.203 e. The summed E-state index contributed by atoms with van der Waals surface area (Å²) in [6, 6.07) is 7.26. The molecule has 0 atom stereocenters. The normalized spacial score (nSPS) is 11.5. The van der Waals surface area contributed by atoms with Crippen LogP contribution in [0.4, 0.5) is 0 Å². The lowest BCUT2D eigenvalue weighted by Gasteiger charge is -2.17. The summed E-state index contributed by atoms with van der Waals surface area (Å²) in [5, 5.41) is 0. The molecule has 0 saturated heterocycles. The van der Waals surface area contributed by atoms with Crippen LogP contribution in [0.5, 0.6) is 17.2 Å². The molecule has 1 rings (SSSR count). The number of rotatable bonds is 57. The molecule has 0 heterocycles. The molecule has 389 valence electrons. The molecule has 1 aromatic carbocycles. The van der Waals surface area contributed by atoms with E-state index in [0.29, 0.717) is 0 Å². The first-order valence-electron chi connectivity index (χ1n) is 30.8. The Morgan fingerprint density at radius 1 is 0.227 bits per heavy atom. The van der Waals surface area contributed by atoms with Gasteiger partial charge in [0.05, 0.1) is 19.8 Å². The second kappa shape index (κ2) is 54.6. The molecule has 0 aliphatic rings. The number of hydrogen-bond donors (Lipinski definition) is 0. The van der Waals surface area contributed by atoms with Gasteiger partial charge in [-0.25, -0.2) is 0 Å². The van der Waals surface area contributed by atoms with Gasteiger partial charge in [0.1, 0.15) is 0 Å². The van der Waals surface area contributed by atoms with Gasteiger partial charge in [-0.15, -0.1) is 0 Å². The maximum atomic E-state index is 6.50. The van der Waals surface area contributed by atoms with Crippen molar-refractivity contribution < 1.29 is 14.2 Å². The van der Waals surface area contributed by atoms with Crippen LogP contribution in [0, 0.1) is 6.07 Å². The molecule has 1 radical (unpaired) electrons. The Morgan fingerprint density at radius 3 is 0.591 bits per heavy atom. The van der Waals surface area contributed by atoms with Crippen molar-refractivity contribution in [1.29, 1.82) is 0 Å². The molecule has 3 heteroatoms. The quantitative estimate of drug-likeness (QED) is 0.0609. The van der Waals surface area contributed by atoms with Crippen LogP contribution in [0.3, 0.4) is 0 Å². The largest absolute Gasteiger partial charge is 0.490 e. The fourth-order valence-corrected chi connectivity index (χ4v) is 9.82. The van der Waals surface area contributed by atoms with Crippen molar-refractivity contribution in [1.82, 2.24) is 0 Å². The summed E-state index contributed by atoms with van der Waals surface area (Å²) >= 11 is 0. The minimum absolute atomic E-state index is 0.730. The van der Waals surface area contributed by atoms with E-state index < -0.39 is 0 Å². The molecule has 0 N–H and O–H groups in total. The van der Waals surface area contributed by atoms with Gasteiger partial charge in [-0.05, 0) is 37.5 Å². The molecular formula is C63H119O3. The fraction of sp³-hybridized carbons (Fsp3) is 0.905. The molecule has 0 spiro atoms. The van der Waals surface area contributed by atoms with Gasteiger partial charge in [0.15, 0.2) is 11.5 Å². The molecule has 0 unspecified atom stereocenters. The van der Waals surface area contributed by atoms with Crippen molar-refractivity contribution in [2.75, 3.05) is 19.8 Å². The van der Waals surface area contributed by atoms with Crippen molar-refractivity contribution in [3.8, 4) is 17.2 Å². The SMILES string of the molecule is CCCCCCCCCCCCCCCCCCCOc1c[c]cc(OCCCCCCCCCCCCCCCCCCC)c1OCCCCCCCCCCCCCCCCCCC. The van der Waals surface area contributed by atoms with E-state index in [-0.39, 0.29) is 0 Å². The molecule has 0 aliphatic heterocycles. The van der Waals surface area contributed by atoms with Gasteiger partial charge in [0.25, 0.3) is 0 Å². The van der Waals surface area contributed by atoms with Crippen molar-refractivity contribution in [3.63, 3.8) is 0 Å². The highest BCUT2D eigenvalue weighted by atomic mass is 16.5. The lowest BCUT2D eigenvalue weighted by molar-refractivity contribution is 0.234. The molecular weight excluding hydrogens is 805 g/mol. The topological polar surface area (TPSA) is 27.7 Å². The van der Waals surface area contributed by atoms with Gasteiger partial charge in [0.2, 0.25) is 5.75 Å². The highest BCUT2D eigenvalue weighted by Crippen LogP contribution is 2.38. The summed E-state index contributed by atoms with van der Waals surface area (Å²) in [7, 11) is 0. The standard InChI is InChI=1S/C63H119O3/c1-4-7-10-13-16-19-22-25-28-31-34-37-40-43-46-49-52-58-64-61-56-55-57-62(65-59-53-50-47-44-41-38-35-32-29-26-23-20-17-14-11-8-5-2)63(61)66-60-54-51-48-45-42-39-36-33-30-27-24-21-18-15-12-9-6-3/h56-57H,4-54,58-60H2,1-3H3. The minimum Gasteiger partial charge on any atom is -0.490 e. The van der Waals surface area contributed by atoms with Crippen molar-refractivity contribution >= 4 is 0 Å². The third-order valence-corrected chi connectivity index (χ3v) is 14.4. The minimum atomic E-state index is 0.730. The van der Waals surface area contributed by atoms with E-state index in [1.165, 1.54) is 308 Å². The van der Waals surface area contributed by atoms with Crippen LogP contribution >= 0.6 is 0 Å². The zero-order chi connectivity index (χ0) is 47.2. The predicted molar refractivity (Wildman–Crippen MR) is 294 cm³/mol. The molecule has 0 amide bonds. The highest BCUT2D eigenvalue weighted by Gasteiger charge is 2.13. The first-order valence-corrected chi connectivity index (χ1v) is 30.8. The van der Waals surface area contributed by atoms with E-state index >= 15 is 0 Å². The summed E-state index contributed by atoms with van der Waals surface area (Å²) in [4.78, 5) is 0. The first-order chi connectivity index (χ1) is 32.8. The van der Waals surface area contributed by atoms with E-state index in [4.69, 9.17) is 14.2 Å². The number of unbranched alkanes of at least 4 members (excludes halogenated alkanes) is 48. The monoisotopic (exact) mass is 924 g/mol. The molecule has 66 heavy (non-hydrogen) atoms. The van der Waals surface area contributed by atoms with Gasteiger partial charge in [0, 0.05) is 0 Å². The molecule has 0 bridgehead atoms. The zero-order valence-electron chi connectivity index (χ0n) is 45.6. The molecule has 0 saturated carbocycles. The molecule has 0 aromatic heterocycles. The van der Waals surface area contributed by atoms with Crippen LogP contribution in [0.2, 0.25) is 0 Å². The zero-order valence-corrected chi connectivity index (χ0v) is 45.6. The van der Waals surface area contributed by atoms with Gasteiger partial charge in [-0.3, -0.25) is 0 Å². The van der Waals surface area contributed by atoms with E-state index in [0.717, 1.165) is 56.3 Å². The van der Waals surface area contributed by atoms with Crippen molar-refractivity contribution in [2.45, 2.75) is 348 Å². The van der Waals surface area contributed by atoms with Gasteiger partial charge in [-0.2, -0.15) is 0 Å². The summed E-state index contributed by atoms with van der Waals surface area (Å²) in [6.07, 6.45) is 70.9. The van der Waals surface area contributed by atoms with Crippen LogP contribution in [0.1, 0.15) is 348 Å². The molecule has 1 aromatic rings. The third kappa shape index (κ3) is 45.1. The maximum absolute atomic E-state index is 6.50. The second-order valence-electron chi connectivity index (χ2n) is 21.0. The van der Waals surface area contributed by atoms with Crippen LogP contribution in [-0.2, 0) is 0 Å². The van der Waals surface area contributed by atoms with E-state index in [1.807, 2.05) is 12.1 Å². The van der Waals surface area contributed by atoms with Crippen molar-refractivity contribution in [2.24, 2.45) is 0 Å². The number of ether oxygens (including phenoxy) is 3. The number of hydrogen-bond acceptors (Lipinski definition) is 3. The first kappa shape index (κ1) is 62.6. The van der Waals surface area contributed by atoms with E-state index in [2.05, 4.69) is 26.8 Å². The Labute approximate surface area is 416 Å². The summed E-state index contributed by atoms with van der Waals surface area (Å²) in [5.41, 5.74) is 0. The van der Waals surface area contributed by atoms with Crippen LogP contribution in [-0.4, -0.2) is 19.8 Å².